The molecule has 1 heterocycles. The fraction of sp³-hybridized carbons (Fsp3) is 0.667. The van der Waals surface area contributed by atoms with Crippen LogP contribution < -0.4 is 0 Å². The Labute approximate surface area is 126 Å². The van der Waals surface area contributed by atoms with Gasteiger partial charge in [0.05, 0.1) is 5.60 Å². The Kier molecular flexibility index (Phi) is 3.08. The Morgan fingerprint density at radius 3 is 2.55 bits per heavy atom. The molecule has 110 valence electrons. The standard InChI is InChI=1S/C18H28OSi/c1-13(2)18-14(3)11-16(15-9-7-6-8-10-15)17(18)12-20(4,5)19-18/h6-10,13-14,16-17H,11-12H2,1-5H3/t14-,16-,17+,18-/m0/s1/i17D. The van der Waals surface area contributed by atoms with Crippen molar-refractivity contribution in [3.05, 3.63) is 35.9 Å². The average molecular weight is 290 g/mol. The molecular formula is C18H28OSi. The van der Waals surface area contributed by atoms with Crippen molar-refractivity contribution in [3.63, 3.8) is 0 Å². The van der Waals surface area contributed by atoms with Gasteiger partial charge in [-0.05, 0) is 54.8 Å². The Hall–Kier alpha value is -0.603. The van der Waals surface area contributed by atoms with Gasteiger partial charge in [-0.2, -0.15) is 0 Å². The predicted molar refractivity (Wildman–Crippen MR) is 87.4 cm³/mol. The molecule has 20 heavy (non-hydrogen) atoms. The first-order valence-electron chi connectivity index (χ1n) is 8.48. The van der Waals surface area contributed by atoms with E-state index in [9.17, 15) is 1.37 Å². The van der Waals surface area contributed by atoms with Gasteiger partial charge >= 0.3 is 0 Å². The fourth-order valence-electron chi connectivity index (χ4n) is 4.72. The lowest BCUT2D eigenvalue weighted by molar-refractivity contribution is -0.0230. The number of benzene rings is 1. The van der Waals surface area contributed by atoms with E-state index in [-0.39, 0.29) is 5.60 Å². The van der Waals surface area contributed by atoms with Crippen LogP contribution in [0.3, 0.4) is 0 Å². The molecule has 0 bridgehead atoms. The first kappa shape index (κ1) is 13.1. The second-order valence-corrected chi connectivity index (χ2v) is 11.7. The van der Waals surface area contributed by atoms with Crippen LogP contribution in [0.5, 0.6) is 0 Å². The number of fused-ring (bicyclic) bond motifs is 1. The Morgan fingerprint density at radius 1 is 1.30 bits per heavy atom. The molecule has 4 atom stereocenters. The lowest BCUT2D eigenvalue weighted by Gasteiger charge is -2.40. The molecule has 0 aromatic heterocycles. The van der Waals surface area contributed by atoms with Crippen LogP contribution in [-0.4, -0.2) is 13.9 Å². The van der Waals surface area contributed by atoms with Gasteiger partial charge in [0.15, 0.2) is 8.32 Å². The molecule has 1 aliphatic heterocycles. The highest BCUT2D eigenvalue weighted by Gasteiger charge is 2.63. The second kappa shape index (κ2) is 4.71. The van der Waals surface area contributed by atoms with E-state index >= 15 is 0 Å². The zero-order valence-electron chi connectivity index (χ0n) is 14.4. The second-order valence-electron chi connectivity index (χ2n) is 7.61. The number of rotatable bonds is 2. The van der Waals surface area contributed by atoms with Crippen molar-refractivity contribution in [2.45, 2.75) is 57.8 Å². The molecule has 2 fully saturated rings. The van der Waals surface area contributed by atoms with Gasteiger partial charge in [-0.15, -0.1) is 0 Å². The summed E-state index contributed by atoms with van der Waals surface area (Å²) in [5, 5.41) is 0. The lowest BCUT2D eigenvalue weighted by Crippen LogP contribution is -2.45. The molecule has 1 aromatic carbocycles. The van der Waals surface area contributed by atoms with Crippen molar-refractivity contribution in [2.75, 3.05) is 0 Å². The monoisotopic (exact) mass is 289 g/mol. The summed E-state index contributed by atoms with van der Waals surface area (Å²) in [6, 6.07) is 11.7. The van der Waals surface area contributed by atoms with Crippen molar-refractivity contribution in [2.24, 2.45) is 17.7 Å². The summed E-state index contributed by atoms with van der Waals surface area (Å²) in [5.74, 6) is 0.699. The lowest BCUT2D eigenvalue weighted by atomic mass is 9.75. The first-order chi connectivity index (χ1) is 9.73. The van der Waals surface area contributed by atoms with E-state index in [2.05, 4.69) is 64.2 Å². The zero-order valence-corrected chi connectivity index (χ0v) is 14.4. The van der Waals surface area contributed by atoms with Crippen molar-refractivity contribution in [1.29, 1.82) is 0 Å². The van der Waals surface area contributed by atoms with Crippen molar-refractivity contribution >= 4 is 8.32 Å². The normalized spacial score (nSPS) is 43.6. The third-order valence-corrected chi connectivity index (χ3v) is 7.49. The van der Waals surface area contributed by atoms with Gasteiger partial charge in [-0.25, -0.2) is 0 Å². The molecule has 0 N–H and O–H groups in total. The van der Waals surface area contributed by atoms with Crippen LogP contribution in [0.15, 0.2) is 30.3 Å². The van der Waals surface area contributed by atoms with Crippen molar-refractivity contribution < 1.29 is 5.80 Å². The minimum Gasteiger partial charge on any atom is -0.411 e. The molecule has 0 unspecified atom stereocenters. The van der Waals surface area contributed by atoms with Crippen LogP contribution in [0, 0.1) is 17.7 Å². The van der Waals surface area contributed by atoms with Gasteiger partial charge in [-0.1, -0.05) is 51.1 Å². The van der Waals surface area contributed by atoms with E-state index < -0.39 is 14.2 Å². The molecule has 1 nitrogen and oxygen atoms in total. The summed E-state index contributed by atoms with van der Waals surface area (Å²) in [6.45, 7) is 11.4. The Bertz CT molecular complexity index is 529. The molecule has 1 saturated carbocycles. The molecule has 2 aliphatic rings. The van der Waals surface area contributed by atoms with Crippen LogP contribution >= 0.6 is 0 Å². The minimum atomic E-state index is -1.75. The topological polar surface area (TPSA) is 9.23 Å². The van der Waals surface area contributed by atoms with Gasteiger partial charge in [0, 0.05) is 1.37 Å². The molecular weight excluding hydrogens is 260 g/mol. The third-order valence-electron chi connectivity index (χ3n) is 5.36. The predicted octanol–water partition coefficient (Wildman–Crippen LogP) is 5.06. The molecule has 0 amide bonds. The fourth-order valence-corrected chi connectivity index (χ4v) is 7.71. The number of hydrogen-bond donors (Lipinski definition) is 0. The summed E-state index contributed by atoms with van der Waals surface area (Å²) in [7, 11) is -1.75. The Morgan fingerprint density at radius 2 is 1.95 bits per heavy atom. The SMILES string of the molecule is [2H][C@]12C[Si](C)(C)O[C@@]1(C(C)C)[C@@H](C)C[C@H]2c1ccccc1. The summed E-state index contributed by atoms with van der Waals surface area (Å²) in [6.07, 6.45) is 1.08. The van der Waals surface area contributed by atoms with Crippen LogP contribution in [0.1, 0.15) is 40.0 Å². The molecule has 0 radical (unpaired) electrons. The Balaban J connectivity index is 2.12. The van der Waals surface area contributed by atoms with Gasteiger partial charge in [-0.3, -0.25) is 0 Å². The molecule has 2 heteroatoms. The summed E-state index contributed by atoms with van der Waals surface area (Å²) >= 11 is 0. The average Bonchev–Trinajstić information content (AvgIpc) is 2.75. The van der Waals surface area contributed by atoms with Gasteiger partial charge in [0.25, 0.3) is 0 Å². The zero-order chi connectivity index (χ0) is 15.5. The van der Waals surface area contributed by atoms with Crippen LogP contribution in [-0.2, 0) is 4.43 Å². The maximum Gasteiger partial charge on any atom is 0.187 e. The van der Waals surface area contributed by atoms with Crippen molar-refractivity contribution in [3.8, 4) is 0 Å². The van der Waals surface area contributed by atoms with E-state index in [4.69, 9.17) is 4.43 Å². The van der Waals surface area contributed by atoms with Crippen molar-refractivity contribution in [1.82, 2.24) is 0 Å². The highest BCUT2D eigenvalue weighted by Crippen LogP contribution is 2.62. The van der Waals surface area contributed by atoms with E-state index in [1.165, 1.54) is 5.56 Å². The molecule has 1 aliphatic carbocycles. The molecule has 3 rings (SSSR count). The molecule has 1 aromatic rings. The van der Waals surface area contributed by atoms with Gasteiger partial charge < -0.3 is 4.43 Å². The summed E-state index contributed by atoms with van der Waals surface area (Å²) in [4.78, 5) is 0. The van der Waals surface area contributed by atoms with E-state index in [0.717, 1.165) is 12.5 Å². The summed E-state index contributed by atoms with van der Waals surface area (Å²) < 4.78 is 16.2. The quantitative estimate of drug-likeness (QED) is 0.692. The first-order valence-corrected chi connectivity index (χ1v) is 11.1. The highest BCUT2D eigenvalue weighted by atomic mass is 28.4. The van der Waals surface area contributed by atoms with Gasteiger partial charge in [0.2, 0.25) is 0 Å². The summed E-state index contributed by atoms with van der Waals surface area (Å²) in [5.41, 5.74) is 1.07. The number of hydrogen-bond acceptors (Lipinski definition) is 1. The van der Waals surface area contributed by atoms with Crippen LogP contribution in [0.2, 0.25) is 19.1 Å². The van der Waals surface area contributed by atoms with Crippen LogP contribution in [0.4, 0.5) is 0 Å². The van der Waals surface area contributed by atoms with E-state index in [0.29, 0.717) is 17.8 Å². The third kappa shape index (κ3) is 2.00. The maximum absolute atomic E-state index is 9.47. The highest BCUT2D eigenvalue weighted by molar-refractivity contribution is 6.72. The van der Waals surface area contributed by atoms with Crippen LogP contribution in [0.25, 0.3) is 0 Å². The largest absolute Gasteiger partial charge is 0.411 e. The molecule has 0 spiro atoms. The van der Waals surface area contributed by atoms with E-state index in [1.54, 1.807) is 0 Å². The van der Waals surface area contributed by atoms with Gasteiger partial charge in [0.1, 0.15) is 0 Å². The smallest absolute Gasteiger partial charge is 0.187 e. The maximum atomic E-state index is 9.47. The minimum absolute atomic E-state index is 0.261. The molecule has 1 saturated heterocycles. The van der Waals surface area contributed by atoms with E-state index in [1.807, 2.05) is 0 Å².